The Balaban J connectivity index is 2.15. The van der Waals surface area contributed by atoms with Crippen LogP contribution in [0.1, 0.15) is 0 Å². The lowest BCUT2D eigenvalue weighted by molar-refractivity contribution is -0.447. The van der Waals surface area contributed by atoms with Gasteiger partial charge in [-0.05, 0) is 0 Å². The molecule has 2 N–H and O–H groups in total. The van der Waals surface area contributed by atoms with E-state index in [0.717, 1.165) is 0 Å². The number of rotatable bonds is 5. The molecular weight excluding hydrogens is 256 g/mol. The van der Waals surface area contributed by atoms with Gasteiger partial charge in [0.15, 0.2) is 10.1 Å². The van der Waals surface area contributed by atoms with Crippen LogP contribution in [0.15, 0.2) is 8.83 Å². The molecule has 0 bridgehead atoms. The first-order valence-electron chi connectivity index (χ1n) is 4.04. The Morgan fingerprint density at radius 2 is 1.22 bits per heavy atom. The highest BCUT2D eigenvalue weighted by atomic mass is 16.7. The number of nitrogens with zero attached hydrogens (tertiary/aromatic N) is 6. The topological polar surface area (TPSA) is 188 Å². The van der Waals surface area contributed by atoms with Gasteiger partial charge in [0.1, 0.15) is 0 Å². The van der Waals surface area contributed by atoms with Gasteiger partial charge in [0.05, 0.1) is 0 Å². The minimum Gasteiger partial charge on any atom is -0.395 e. The predicted molar refractivity (Wildman–Crippen MR) is 48.8 cm³/mol. The van der Waals surface area contributed by atoms with Gasteiger partial charge in [0.2, 0.25) is 0 Å². The normalized spacial score (nSPS) is 10.0. The minimum absolute atomic E-state index is 0.330. The fourth-order valence-corrected chi connectivity index (χ4v) is 0.866. The molecule has 14 nitrogen and oxygen atoms in total. The number of hydrogen-bond acceptors (Lipinski definition) is 10. The van der Waals surface area contributed by atoms with E-state index in [2.05, 4.69) is 20.4 Å². The van der Waals surface area contributed by atoms with Crippen molar-refractivity contribution in [3.8, 4) is 11.8 Å². The molecule has 18 heavy (non-hydrogen) atoms. The van der Waals surface area contributed by atoms with Gasteiger partial charge in [-0.25, -0.2) is 20.2 Å². The van der Waals surface area contributed by atoms with Gasteiger partial charge in [0, 0.05) is 0 Å². The third kappa shape index (κ3) is 2.43. The van der Waals surface area contributed by atoms with Crippen LogP contribution in [0.2, 0.25) is 0 Å². The molecular formula is C4H2N8O6. The second-order valence-corrected chi connectivity index (χ2v) is 2.56. The van der Waals surface area contributed by atoms with Gasteiger partial charge in [-0.15, -0.1) is 10.2 Å². The molecule has 2 heterocycles. The predicted octanol–water partition coefficient (Wildman–Crippen LogP) is -0.673. The Bertz CT molecular complexity index is 536. The van der Waals surface area contributed by atoms with Crippen LogP contribution in [-0.4, -0.2) is 30.5 Å². The summed E-state index contributed by atoms with van der Waals surface area (Å²) in [6, 6.07) is -1.01. The smallest absolute Gasteiger partial charge is 0.375 e. The van der Waals surface area contributed by atoms with Gasteiger partial charge in [-0.2, -0.15) is 0 Å². The largest absolute Gasteiger partial charge is 0.395 e. The first-order chi connectivity index (χ1) is 8.54. The SMILES string of the molecule is O=[N+]([O-])Nc1nnc(-c2nnc(N[N+](=O)[O-])o2)o1. The van der Waals surface area contributed by atoms with Gasteiger partial charge in [-0.1, -0.05) is 21.0 Å². The van der Waals surface area contributed by atoms with E-state index in [1.807, 2.05) is 0 Å². The Hall–Kier alpha value is -3.32. The maximum atomic E-state index is 10.1. The molecule has 0 aromatic carbocycles. The van der Waals surface area contributed by atoms with Crippen LogP contribution in [0.4, 0.5) is 12.0 Å². The van der Waals surface area contributed by atoms with Crippen molar-refractivity contribution in [3.05, 3.63) is 20.2 Å². The molecule has 2 aromatic heterocycles. The second kappa shape index (κ2) is 4.28. The number of nitro groups is 2. The fraction of sp³-hybridized carbons (Fsp3) is 0. The Morgan fingerprint density at radius 3 is 1.56 bits per heavy atom. The number of hydrazine groups is 2. The molecule has 94 valence electrons. The molecule has 14 heteroatoms. The van der Waals surface area contributed by atoms with Crippen molar-refractivity contribution in [1.82, 2.24) is 20.4 Å². The molecule has 0 aliphatic heterocycles. The van der Waals surface area contributed by atoms with Crippen LogP contribution >= 0.6 is 0 Å². The van der Waals surface area contributed by atoms with E-state index in [-0.39, 0.29) is 11.8 Å². The van der Waals surface area contributed by atoms with E-state index >= 15 is 0 Å². The average Bonchev–Trinajstić information content (AvgIpc) is 2.85. The molecule has 2 aromatic rings. The average molecular weight is 258 g/mol. The van der Waals surface area contributed by atoms with E-state index in [1.54, 1.807) is 10.9 Å². The lowest BCUT2D eigenvalue weighted by atomic mass is 10.7. The van der Waals surface area contributed by atoms with Gasteiger partial charge in [0.25, 0.3) is 0 Å². The van der Waals surface area contributed by atoms with Crippen molar-refractivity contribution in [2.75, 3.05) is 10.9 Å². The van der Waals surface area contributed by atoms with Crippen molar-refractivity contribution in [2.24, 2.45) is 0 Å². The molecule has 0 atom stereocenters. The van der Waals surface area contributed by atoms with Crippen molar-refractivity contribution in [3.63, 3.8) is 0 Å². The maximum Gasteiger partial charge on any atom is 0.375 e. The Kier molecular flexibility index (Phi) is 2.65. The van der Waals surface area contributed by atoms with E-state index in [0.29, 0.717) is 0 Å². The lowest BCUT2D eigenvalue weighted by Crippen LogP contribution is -2.07. The van der Waals surface area contributed by atoms with Gasteiger partial charge >= 0.3 is 23.8 Å². The summed E-state index contributed by atoms with van der Waals surface area (Å²) in [5, 5.41) is 31.5. The summed E-state index contributed by atoms with van der Waals surface area (Å²) in [4.78, 5) is 20.1. The number of anilines is 2. The highest BCUT2D eigenvalue weighted by molar-refractivity contribution is 5.39. The van der Waals surface area contributed by atoms with Crippen molar-refractivity contribution in [2.45, 2.75) is 0 Å². The standard InChI is InChI=1S/C4H2N8O6/c13-11(14)9-3-7-5-1(17-3)2-6-8-4(18-2)10-12(15)16/h(H,7,9)(H,8,10). The van der Waals surface area contributed by atoms with Crippen LogP contribution in [0.25, 0.3) is 11.8 Å². The monoisotopic (exact) mass is 258 g/mol. The van der Waals surface area contributed by atoms with E-state index in [1.165, 1.54) is 0 Å². The van der Waals surface area contributed by atoms with Crippen LogP contribution in [0.5, 0.6) is 0 Å². The third-order valence-corrected chi connectivity index (χ3v) is 1.41. The van der Waals surface area contributed by atoms with E-state index in [4.69, 9.17) is 8.83 Å². The molecule has 2 rings (SSSR count). The molecule has 0 spiro atoms. The summed E-state index contributed by atoms with van der Waals surface area (Å²) >= 11 is 0. The van der Waals surface area contributed by atoms with Crippen molar-refractivity contribution in [1.29, 1.82) is 0 Å². The molecule has 0 radical (unpaired) electrons. The van der Waals surface area contributed by atoms with Crippen LogP contribution < -0.4 is 10.9 Å². The summed E-state index contributed by atoms with van der Waals surface area (Å²) in [5.74, 6) is -0.661. The third-order valence-electron chi connectivity index (χ3n) is 1.41. The quantitative estimate of drug-likeness (QED) is 0.508. The van der Waals surface area contributed by atoms with Gasteiger partial charge < -0.3 is 8.83 Å². The molecule has 0 aliphatic carbocycles. The molecule has 0 saturated carbocycles. The second-order valence-electron chi connectivity index (χ2n) is 2.56. The molecule has 0 saturated heterocycles. The van der Waals surface area contributed by atoms with Crippen molar-refractivity contribution < 1.29 is 18.9 Å². The van der Waals surface area contributed by atoms with Crippen LogP contribution in [0, 0.1) is 20.2 Å². The summed E-state index contributed by atoms with van der Waals surface area (Å²) in [6.07, 6.45) is 0. The summed E-state index contributed by atoms with van der Waals surface area (Å²) in [7, 11) is 0. The zero-order valence-electron chi connectivity index (χ0n) is 8.13. The van der Waals surface area contributed by atoms with Crippen LogP contribution in [-0.2, 0) is 0 Å². The van der Waals surface area contributed by atoms with Crippen molar-refractivity contribution >= 4 is 12.0 Å². The Labute approximate surface area is 95.2 Å². The molecule has 0 amide bonds. The first-order valence-corrected chi connectivity index (χ1v) is 4.04. The first kappa shape index (κ1) is 11.2. The number of hydrogen-bond donors (Lipinski definition) is 2. The zero-order chi connectivity index (χ0) is 13.1. The number of nitrogens with one attached hydrogen (secondary N) is 2. The summed E-state index contributed by atoms with van der Waals surface area (Å²) in [6.45, 7) is 0. The highest BCUT2D eigenvalue weighted by Gasteiger charge is 2.19. The Morgan fingerprint density at radius 1 is 0.833 bits per heavy atom. The molecule has 0 aliphatic rings. The minimum atomic E-state index is -0.912. The highest BCUT2D eigenvalue weighted by Crippen LogP contribution is 2.19. The maximum absolute atomic E-state index is 10.1. The zero-order valence-corrected chi connectivity index (χ0v) is 8.13. The van der Waals surface area contributed by atoms with E-state index in [9.17, 15) is 20.2 Å². The fourth-order valence-electron chi connectivity index (χ4n) is 0.866. The van der Waals surface area contributed by atoms with Gasteiger partial charge in [-0.3, -0.25) is 0 Å². The number of aromatic nitrogens is 4. The summed E-state index contributed by atoms with van der Waals surface area (Å²) in [5.41, 5.74) is 3.20. The molecule has 0 fully saturated rings. The van der Waals surface area contributed by atoms with E-state index < -0.39 is 22.1 Å². The summed E-state index contributed by atoms with van der Waals surface area (Å²) < 4.78 is 9.46. The van der Waals surface area contributed by atoms with Crippen LogP contribution in [0.3, 0.4) is 0 Å². The lowest BCUT2D eigenvalue weighted by Gasteiger charge is -1.87. The molecule has 0 unspecified atom stereocenters.